The normalized spacial score (nSPS) is 23.5. The molecule has 0 bridgehead atoms. The minimum absolute atomic E-state index is 0.112. The Morgan fingerprint density at radius 3 is 2.83 bits per heavy atom. The number of aromatic nitrogens is 2. The minimum atomic E-state index is -0.591. The van der Waals surface area contributed by atoms with Gasteiger partial charge in [0.25, 0.3) is 11.6 Å². The Bertz CT molecular complexity index is 861. The van der Waals surface area contributed by atoms with Crippen LogP contribution in [0.15, 0.2) is 10.6 Å². The lowest BCUT2D eigenvalue weighted by atomic mass is 10.0. The maximum absolute atomic E-state index is 13.0. The zero-order chi connectivity index (χ0) is 17.1. The first-order chi connectivity index (χ1) is 11.4. The van der Waals surface area contributed by atoms with Crippen LogP contribution >= 0.6 is 0 Å². The lowest BCUT2D eigenvalue weighted by molar-refractivity contribution is 0.0554. The van der Waals surface area contributed by atoms with Gasteiger partial charge in [-0.05, 0) is 19.9 Å². The molecular weight excluding hydrogens is 312 g/mol. The highest BCUT2D eigenvalue weighted by molar-refractivity contribution is 6.06. The maximum atomic E-state index is 13.0. The van der Waals surface area contributed by atoms with Crippen LogP contribution in [0.4, 0.5) is 4.79 Å². The highest BCUT2D eigenvalue weighted by Gasteiger charge is 2.49. The number of carbonyl (C=O) groups excluding carboxylic acids is 2. The highest BCUT2D eigenvalue weighted by Crippen LogP contribution is 2.33. The Hall–Kier alpha value is -2.64. The number of hydrogen-bond donors (Lipinski definition) is 0. The summed E-state index contributed by atoms with van der Waals surface area (Å²) < 4.78 is 10.7. The molecule has 0 N–H and O–H groups in total. The van der Waals surface area contributed by atoms with Crippen molar-refractivity contribution >= 4 is 23.1 Å². The quantitative estimate of drug-likeness (QED) is 0.787. The third-order valence-electron chi connectivity index (χ3n) is 4.72. The Balaban J connectivity index is 1.66. The Labute approximate surface area is 138 Å². The zero-order valence-corrected chi connectivity index (χ0v) is 13.8. The molecule has 4 heterocycles. The average molecular weight is 330 g/mol. The maximum Gasteiger partial charge on any atom is 0.410 e. The summed E-state index contributed by atoms with van der Waals surface area (Å²) in [5.41, 5.74) is 1.65. The number of amides is 2. The van der Waals surface area contributed by atoms with Crippen LogP contribution in [0.1, 0.15) is 28.2 Å². The van der Waals surface area contributed by atoms with Crippen LogP contribution in [-0.2, 0) is 4.74 Å². The highest BCUT2D eigenvalue weighted by atomic mass is 16.6. The molecule has 0 unspecified atom stereocenters. The van der Waals surface area contributed by atoms with Crippen molar-refractivity contribution in [2.24, 2.45) is 0 Å². The van der Waals surface area contributed by atoms with E-state index in [1.54, 1.807) is 29.8 Å². The van der Waals surface area contributed by atoms with Gasteiger partial charge in [0, 0.05) is 25.7 Å². The molecule has 1 spiro atoms. The van der Waals surface area contributed by atoms with E-state index in [1.807, 2.05) is 6.92 Å². The number of pyridine rings is 1. The monoisotopic (exact) mass is 330 g/mol. The van der Waals surface area contributed by atoms with Crippen LogP contribution in [0.2, 0.25) is 0 Å². The molecule has 8 heteroatoms. The number of likely N-dealkylation sites (tertiary alicyclic amines) is 1. The molecule has 2 aliphatic heterocycles. The van der Waals surface area contributed by atoms with Gasteiger partial charge in [0.15, 0.2) is 5.60 Å². The third-order valence-corrected chi connectivity index (χ3v) is 4.72. The molecule has 0 radical (unpaired) electrons. The average Bonchev–Trinajstić information content (AvgIpc) is 3.18. The molecular formula is C16H18N4O4. The Kier molecular flexibility index (Phi) is 3.06. The van der Waals surface area contributed by atoms with Gasteiger partial charge in [0.1, 0.15) is 0 Å². The van der Waals surface area contributed by atoms with Crippen molar-refractivity contribution in [3.63, 3.8) is 0 Å². The SMILES string of the molecule is Cc1cc(C(=O)N2CC[C@]3(CN(C)C(=O)O3)C2)c2c(C)noc2n1. The van der Waals surface area contributed by atoms with Gasteiger partial charge in [-0.1, -0.05) is 5.16 Å². The summed E-state index contributed by atoms with van der Waals surface area (Å²) in [4.78, 5) is 32.3. The van der Waals surface area contributed by atoms with Crippen molar-refractivity contribution in [1.29, 1.82) is 0 Å². The first kappa shape index (κ1) is 14.9. The van der Waals surface area contributed by atoms with Crippen molar-refractivity contribution < 1.29 is 18.8 Å². The summed E-state index contributed by atoms with van der Waals surface area (Å²) in [6, 6.07) is 1.76. The van der Waals surface area contributed by atoms with Gasteiger partial charge in [0.05, 0.1) is 29.7 Å². The first-order valence-corrected chi connectivity index (χ1v) is 7.86. The Morgan fingerprint density at radius 1 is 1.33 bits per heavy atom. The van der Waals surface area contributed by atoms with E-state index >= 15 is 0 Å². The van der Waals surface area contributed by atoms with Gasteiger partial charge >= 0.3 is 6.09 Å². The fourth-order valence-electron chi connectivity index (χ4n) is 3.58. The zero-order valence-electron chi connectivity index (χ0n) is 13.8. The number of likely N-dealkylation sites (N-methyl/N-ethyl adjacent to an activating group) is 1. The van der Waals surface area contributed by atoms with Gasteiger partial charge < -0.3 is 19.1 Å². The molecule has 0 aliphatic carbocycles. The second-order valence-electron chi connectivity index (χ2n) is 6.64. The summed E-state index contributed by atoms with van der Waals surface area (Å²) in [7, 11) is 1.71. The van der Waals surface area contributed by atoms with Gasteiger partial charge in [-0.15, -0.1) is 0 Å². The molecule has 8 nitrogen and oxygen atoms in total. The van der Waals surface area contributed by atoms with E-state index in [0.29, 0.717) is 54.1 Å². The molecule has 2 aromatic rings. The molecule has 2 amide bonds. The molecule has 126 valence electrons. The van der Waals surface area contributed by atoms with E-state index in [-0.39, 0.29) is 12.0 Å². The summed E-state index contributed by atoms with van der Waals surface area (Å²) in [5.74, 6) is -0.112. The molecule has 24 heavy (non-hydrogen) atoms. The second kappa shape index (κ2) is 4.93. The number of ether oxygens (including phenoxy) is 1. The molecule has 2 aliphatic rings. The lowest BCUT2D eigenvalue weighted by Crippen LogP contribution is -2.39. The van der Waals surface area contributed by atoms with Gasteiger partial charge in [-0.2, -0.15) is 0 Å². The third kappa shape index (κ3) is 2.13. The van der Waals surface area contributed by atoms with E-state index in [4.69, 9.17) is 9.26 Å². The molecule has 1 atom stereocenters. The Morgan fingerprint density at radius 2 is 2.12 bits per heavy atom. The van der Waals surface area contributed by atoms with Crippen molar-refractivity contribution in [2.45, 2.75) is 25.9 Å². The topological polar surface area (TPSA) is 88.8 Å². The number of carbonyl (C=O) groups is 2. The van der Waals surface area contributed by atoms with Crippen molar-refractivity contribution in [2.75, 3.05) is 26.7 Å². The van der Waals surface area contributed by atoms with Crippen molar-refractivity contribution in [3.05, 3.63) is 23.0 Å². The standard InChI is InChI=1S/C16H18N4O4/c1-9-6-11(12-10(2)18-24-13(12)17-9)14(21)20-5-4-16(8-20)7-19(3)15(22)23-16/h6H,4-5,7-8H2,1-3H3/t16-/m0/s1. The summed E-state index contributed by atoms with van der Waals surface area (Å²) in [6.07, 6.45) is 0.311. The van der Waals surface area contributed by atoms with Crippen LogP contribution in [-0.4, -0.2) is 64.2 Å². The van der Waals surface area contributed by atoms with E-state index in [9.17, 15) is 9.59 Å². The van der Waals surface area contributed by atoms with Crippen LogP contribution in [0.3, 0.4) is 0 Å². The van der Waals surface area contributed by atoms with E-state index in [2.05, 4.69) is 10.1 Å². The minimum Gasteiger partial charge on any atom is -0.439 e. The molecule has 4 rings (SSSR count). The largest absolute Gasteiger partial charge is 0.439 e. The second-order valence-corrected chi connectivity index (χ2v) is 6.64. The van der Waals surface area contributed by atoms with Crippen LogP contribution in [0.25, 0.3) is 11.1 Å². The first-order valence-electron chi connectivity index (χ1n) is 7.86. The number of rotatable bonds is 1. The van der Waals surface area contributed by atoms with Crippen LogP contribution in [0, 0.1) is 13.8 Å². The number of aryl methyl sites for hydroxylation is 2. The number of hydrogen-bond acceptors (Lipinski definition) is 6. The van der Waals surface area contributed by atoms with E-state index in [1.165, 1.54) is 0 Å². The van der Waals surface area contributed by atoms with Crippen LogP contribution < -0.4 is 0 Å². The van der Waals surface area contributed by atoms with Crippen LogP contribution in [0.5, 0.6) is 0 Å². The molecule has 2 aromatic heterocycles. The van der Waals surface area contributed by atoms with Gasteiger partial charge in [-0.3, -0.25) is 4.79 Å². The summed E-state index contributed by atoms with van der Waals surface area (Å²) >= 11 is 0. The number of nitrogens with zero attached hydrogens (tertiary/aromatic N) is 4. The van der Waals surface area contributed by atoms with E-state index in [0.717, 1.165) is 0 Å². The predicted molar refractivity (Wildman–Crippen MR) is 83.6 cm³/mol. The fourth-order valence-corrected chi connectivity index (χ4v) is 3.58. The predicted octanol–water partition coefficient (Wildman–Crippen LogP) is 1.51. The summed E-state index contributed by atoms with van der Waals surface area (Å²) in [5, 5.41) is 4.56. The lowest BCUT2D eigenvalue weighted by Gasteiger charge is -2.22. The van der Waals surface area contributed by atoms with Gasteiger partial charge in [-0.25, -0.2) is 9.78 Å². The molecule has 2 saturated heterocycles. The smallest absolute Gasteiger partial charge is 0.410 e. The van der Waals surface area contributed by atoms with Crippen molar-refractivity contribution in [3.8, 4) is 0 Å². The fraction of sp³-hybridized carbons (Fsp3) is 0.500. The molecule has 0 saturated carbocycles. The number of fused-ring (bicyclic) bond motifs is 1. The van der Waals surface area contributed by atoms with Crippen molar-refractivity contribution in [1.82, 2.24) is 19.9 Å². The van der Waals surface area contributed by atoms with Gasteiger partial charge in [0.2, 0.25) is 0 Å². The summed E-state index contributed by atoms with van der Waals surface area (Å²) in [6.45, 7) is 5.06. The molecule has 0 aromatic carbocycles. The van der Waals surface area contributed by atoms with E-state index < -0.39 is 5.60 Å². The molecule has 2 fully saturated rings.